The van der Waals surface area contributed by atoms with Gasteiger partial charge >= 0.3 is 5.97 Å². The molecule has 0 aromatic carbocycles. The number of hydrogen-bond acceptors (Lipinski definition) is 1. The van der Waals surface area contributed by atoms with Crippen LogP contribution in [0.1, 0.15) is 0 Å². The second kappa shape index (κ2) is 3.93. The minimum atomic E-state index is -0.942. The average molecular weight is 183 g/mol. The van der Waals surface area contributed by atoms with Crippen LogP contribution in [0, 0.1) is 0 Å². The largest absolute Gasteiger partial charge is 0.478 e. The van der Waals surface area contributed by atoms with Crippen molar-refractivity contribution in [2.75, 3.05) is 0 Å². The molecule has 0 atom stereocenters. The van der Waals surface area contributed by atoms with Crippen LogP contribution in [0.2, 0.25) is 0 Å². The molecule has 1 rings (SSSR count). The Kier molecular flexibility index (Phi) is 2.88. The summed E-state index contributed by atoms with van der Waals surface area (Å²) in [6.45, 7) is 0. The minimum absolute atomic E-state index is 0.242. The molecule has 0 fully saturated rings. The maximum absolute atomic E-state index is 10.5. The molecule has 0 aromatic heterocycles. The number of aliphatic carboxylic acids is 1. The Bertz CT molecular complexity index is 308. The van der Waals surface area contributed by atoms with Gasteiger partial charge < -0.3 is 5.11 Å². The summed E-state index contributed by atoms with van der Waals surface area (Å²) < 4.78 is 0. The number of carbonyl (C=O) groups is 1. The van der Waals surface area contributed by atoms with Gasteiger partial charge in [0, 0.05) is 5.03 Å². The van der Waals surface area contributed by atoms with E-state index in [2.05, 4.69) is 0 Å². The zero-order chi connectivity index (χ0) is 8.97. The second-order valence-electron chi connectivity index (χ2n) is 2.20. The molecule has 0 aromatic rings. The molecule has 0 aliphatic heterocycles. The van der Waals surface area contributed by atoms with Crippen LogP contribution in [0.15, 0.2) is 47.1 Å². The normalized spacial score (nSPS) is 23.1. The molecule has 0 bridgehead atoms. The summed E-state index contributed by atoms with van der Waals surface area (Å²) in [4.78, 5) is 10.5. The summed E-state index contributed by atoms with van der Waals surface area (Å²) in [5.74, 6) is -0.942. The lowest BCUT2D eigenvalue weighted by Crippen LogP contribution is -1.96. The van der Waals surface area contributed by atoms with Crippen LogP contribution < -0.4 is 0 Å². The lowest BCUT2D eigenvalue weighted by molar-refractivity contribution is -0.132. The van der Waals surface area contributed by atoms with E-state index < -0.39 is 5.97 Å². The molecule has 0 saturated carbocycles. The lowest BCUT2D eigenvalue weighted by atomic mass is 10.2. The Morgan fingerprint density at radius 2 is 1.92 bits per heavy atom. The zero-order valence-electron chi connectivity index (χ0n) is 6.20. The van der Waals surface area contributed by atoms with Crippen molar-refractivity contribution in [3.05, 3.63) is 47.1 Å². The zero-order valence-corrected chi connectivity index (χ0v) is 6.95. The molecular weight excluding hydrogens is 176 g/mol. The first-order valence-corrected chi connectivity index (χ1v) is 3.73. The maximum Gasteiger partial charge on any atom is 0.335 e. The summed E-state index contributed by atoms with van der Waals surface area (Å²) in [6, 6.07) is 0. The van der Waals surface area contributed by atoms with Gasteiger partial charge in [-0.1, -0.05) is 23.8 Å². The van der Waals surface area contributed by atoms with Crippen molar-refractivity contribution in [1.29, 1.82) is 0 Å². The quantitative estimate of drug-likeness (QED) is 0.676. The fraction of sp³-hybridized carbons (Fsp3) is 0. The minimum Gasteiger partial charge on any atom is -0.478 e. The molecule has 0 spiro atoms. The Balaban J connectivity index is 2.91. The molecule has 1 aliphatic rings. The number of hydrogen-bond donors (Lipinski definition) is 1. The highest BCUT2D eigenvalue weighted by Gasteiger charge is 2.00. The van der Waals surface area contributed by atoms with E-state index in [1.807, 2.05) is 0 Å². The van der Waals surface area contributed by atoms with Gasteiger partial charge in [0.15, 0.2) is 0 Å². The predicted molar refractivity (Wildman–Crippen MR) is 47.9 cm³/mol. The van der Waals surface area contributed by atoms with Crippen molar-refractivity contribution in [2.24, 2.45) is 0 Å². The number of carboxylic acids is 1. The Hall–Kier alpha value is -1.28. The lowest BCUT2D eigenvalue weighted by Gasteiger charge is -1.94. The average Bonchev–Trinajstić information content (AvgIpc) is 1.95. The number of rotatable bonds is 1. The molecule has 1 N–H and O–H groups in total. The SMILES string of the molecule is O=C(O)C1=C/C=C\C(Cl)=C/C=C1. The highest BCUT2D eigenvalue weighted by molar-refractivity contribution is 6.31. The Morgan fingerprint density at radius 3 is 2.58 bits per heavy atom. The summed E-state index contributed by atoms with van der Waals surface area (Å²) in [5.41, 5.74) is 0.242. The van der Waals surface area contributed by atoms with Gasteiger partial charge in [-0.3, -0.25) is 0 Å². The smallest absolute Gasteiger partial charge is 0.335 e. The predicted octanol–water partition coefficient (Wildman–Crippen LogP) is 2.25. The first kappa shape index (κ1) is 8.81. The molecule has 2 nitrogen and oxygen atoms in total. The highest BCUT2D eigenvalue weighted by Crippen LogP contribution is 2.08. The summed E-state index contributed by atoms with van der Waals surface area (Å²) in [5, 5.41) is 9.19. The van der Waals surface area contributed by atoms with E-state index in [9.17, 15) is 4.79 Å². The highest BCUT2D eigenvalue weighted by atomic mass is 35.5. The molecular formula is C9H7ClO2. The molecule has 62 valence electrons. The second-order valence-corrected chi connectivity index (χ2v) is 2.63. The van der Waals surface area contributed by atoms with Crippen molar-refractivity contribution in [3.63, 3.8) is 0 Å². The third-order valence-electron chi connectivity index (χ3n) is 1.31. The van der Waals surface area contributed by atoms with Crippen LogP contribution >= 0.6 is 11.6 Å². The molecule has 0 heterocycles. The summed E-state index contributed by atoms with van der Waals surface area (Å²) in [6.07, 6.45) is 9.46. The third-order valence-corrected chi connectivity index (χ3v) is 1.56. The first-order chi connectivity index (χ1) is 5.70. The fourth-order valence-electron chi connectivity index (χ4n) is 0.741. The molecule has 12 heavy (non-hydrogen) atoms. The van der Waals surface area contributed by atoms with E-state index in [-0.39, 0.29) is 5.57 Å². The van der Waals surface area contributed by atoms with E-state index in [0.717, 1.165) is 0 Å². The van der Waals surface area contributed by atoms with E-state index in [0.29, 0.717) is 5.03 Å². The molecule has 1 aliphatic carbocycles. The van der Waals surface area contributed by atoms with E-state index >= 15 is 0 Å². The standard InChI is InChI=1S/C9H7ClO2/c10-8-5-1-3-7(9(11)12)4-2-6-8/h1-6H,(H,11,12)/b3-1?,4-2?,5-1-,6-2?,7-3?,7-4?,8-5?,8-6+. The van der Waals surface area contributed by atoms with E-state index in [1.54, 1.807) is 24.3 Å². The maximum atomic E-state index is 10.5. The van der Waals surface area contributed by atoms with E-state index in [1.165, 1.54) is 12.2 Å². The Labute approximate surface area is 75.2 Å². The van der Waals surface area contributed by atoms with Crippen LogP contribution in [0.3, 0.4) is 0 Å². The fourth-order valence-corrected chi connectivity index (χ4v) is 0.887. The van der Waals surface area contributed by atoms with Crippen LogP contribution in [0.25, 0.3) is 0 Å². The molecule has 0 unspecified atom stereocenters. The summed E-state index contributed by atoms with van der Waals surface area (Å²) in [7, 11) is 0. The summed E-state index contributed by atoms with van der Waals surface area (Å²) >= 11 is 5.67. The molecule has 0 radical (unpaired) electrons. The van der Waals surface area contributed by atoms with Crippen LogP contribution in [0.4, 0.5) is 0 Å². The van der Waals surface area contributed by atoms with Gasteiger partial charge in [0.1, 0.15) is 0 Å². The van der Waals surface area contributed by atoms with Crippen LogP contribution in [-0.4, -0.2) is 11.1 Å². The van der Waals surface area contributed by atoms with Gasteiger partial charge in [-0.15, -0.1) is 0 Å². The van der Waals surface area contributed by atoms with Crippen molar-refractivity contribution >= 4 is 17.6 Å². The van der Waals surface area contributed by atoms with Gasteiger partial charge in [-0.2, -0.15) is 0 Å². The van der Waals surface area contributed by atoms with Crippen LogP contribution in [-0.2, 0) is 4.79 Å². The monoisotopic (exact) mass is 182 g/mol. The Morgan fingerprint density at radius 1 is 1.25 bits per heavy atom. The molecule has 3 heteroatoms. The van der Waals surface area contributed by atoms with Crippen molar-refractivity contribution in [1.82, 2.24) is 0 Å². The first-order valence-electron chi connectivity index (χ1n) is 3.35. The van der Waals surface area contributed by atoms with Crippen molar-refractivity contribution < 1.29 is 9.90 Å². The van der Waals surface area contributed by atoms with Gasteiger partial charge in [0.2, 0.25) is 0 Å². The van der Waals surface area contributed by atoms with E-state index in [4.69, 9.17) is 16.7 Å². The van der Waals surface area contributed by atoms with Gasteiger partial charge in [-0.25, -0.2) is 4.79 Å². The topological polar surface area (TPSA) is 37.3 Å². The van der Waals surface area contributed by atoms with Crippen molar-refractivity contribution in [2.45, 2.75) is 0 Å². The van der Waals surface area contributed by atoms with Gasteiger partial charge in [-0.05, 0) is 24.3 Å². The molecule has 0 amide bonds. The van der Waals surface area contributed by atoms with Crippen molar-refractivity contribution in [3.8, 4) is 0 Å². The number of halogens is 1. The number of carboxylic acid groups (broad SMARTS) is 1. The number of allylic oxidation sites excluding steroid dienone is 6. The third kappa shape index (κ3) is 2.40. The van der Waals surface area contributed by atoms with Crippen LogP contribution in [0.5, 0.6) is 0 Å². The molecule has 0 saturated heterocycles. The van der Waals surface area contributed by atoms with Gasteiger partial charge in [0.25, 0.3) is 0 Å². The van der Waals surface area contributed by atoms with Gasteiger partial charge in [0.05, 0.1) is 5.57 Å².